The number of nitrogens with zero attached hydrogens (tertiary/aromatic N) is 2. The lowest BCUT2D eigenvalue weighted by molar-refractivity contribution is -0.116. The number of benzene rings is 2. The summed E-state index contributed by atoms with van der Waals surface area (Å²) in [5.74, 6) is 0.0698. The summed E-state index contributed by atoms with van der Waals surface area (Å²) in [6, 6.07) is 13.3. The van der Waals surface area contributed by atoms with Gasteiger partial charge in [-0.05, 0) is 42.3 Å². The summed E-state index contributed by atoms with van der Waals surface area (Å²) in [5, 5.41) is 3.41. The van der Waals surface area contributed by atoms with E-state index in [9.17, 15) is 9.59 Å². The Morgan fingerprint density at radius 2 is 1.77 bits per heavy atom. The first-order valence-electron chi connectivity index (χ1n) is 8.83. The minimum Gasteiger partial charge on any atom is -0.368 e. The van der Waals surface area contributed by atoms with Gasteiger partial charge in [0.15, 0.2) is 0 Å². The van der Waals surface area contributed by atoms with Gasteiger partial charge in [-0.3, -0.25) is 9.59 Å². The van der Waals surface area contributed by atoms with Crippen LogP contribution in [0.25, 0.3) is 0 Å². The Morgan fingerprint density at radius 1 is 1.00 bits per heavy atom. The third-order valence-electron chi connectivity index (χ3n) is 5.02. The van der Waals surface area contributed by atoms with Gasteiger partial charge in [-0.2, -0.15) is 0 Å². The number of hydrogen-bond acceptors (Lipinski definition) is 3. The Morgan fingerprint density at radius 3 is 2.54 bits per heavy atom. The molecular formula is C20H20ClN3O2. The fraction of sp³-hybridized carbons (Fsp3) is 0.300. The topological polar surface area (TPSA) is 52.7 Å². The van der Waals surface area contributed by atoms with Gasteiger partial charge in [0, 0.05) is 44.0 Å². The van der Waals surface area contributed by atoms with Crippen LogP contribution in [0.3, 0.4) is 0 Å². The van der Waals surface area contributed by atoms with Gasteiger partial charge in [0.05, 0.1) is 10.6 Å². The Kier molecular flexibility index (Phi) is 4.55. The fourth-order valence-electron chi connectivity index (χ4n) is 3.54. The van der Waals surface area contributed by atoms with Crippen molar-refractivity contribution in [2.24, 2.45) is 0 Å². The number of rotatable bonds is 2. The molecule has 2 aromatic carbocycles. The normalized spacial score (nSPS) is 16.9. The van der Waals surface area contributed by atoms with E-state index in [4.69, 9.17) is 11.6 Å². The molecule has 2 heterocycles. The SMILES string of the molecule is O=C1CCc2cc(N3CCN(C(=O)c4ccccc4Cl)CC3)ccc2N1. The maximum Gasteiger partial charge on any atom is 0.255 e. The zero-order valence-corrected chi connectivity index (χ0v) is 15.1. The van der Waals surface area contributed by atoms with Crippen molar-refractivity contribution in [2.75, 3.05) is 36.4 Å². The highest BCUT2D eigenvalue weighted by Crippen LogP contribution is 2.28. The van der Waals surface area contributed by atoms with Crippen molar-refractivity contribution in [2.45, 2.75) is 12.8 Å². The van der Waals surface area contributed by atoms with Crippen molar-refractivity contribution >= 4 is 34.8 Å². The predicted molar refractivity (Wildman–Crippen MR) is 103 cm³/mol. The Balaban J connectivity index is 1.43. The molecule has 2 aliphatic rings. The molecule has 0 unspecified atom stereocenters. The number of hydrogen-bond donors (Lipinski definition) is 1. The number of halogens is 1. The van der Waals surface area contributed by atoms with E-state index < -0.39 is 0 Å². The summed E-state index contributed by atoms with van der Waals surface area (Å²) < 4.78 is 0. The third kappa shape index (κ3) is 3.27. The molecule has 1 saturated heterocycles. The smallest absolute Gasteiger partial charge is 0.255 e. The molecule has 2 aromatic rings. The molecule has 0 radical (unpaired) electrons. The number of fused-ring (bicyclic) bond motifs is 1. The Bertz CT molecular complexity index is 860. The maximum absolute atomic E-state index is 12.7. The Labute approximate surface area is 157 Å². The van der Waals surface area contributed by atoms with E-state index in [1.165, 1.54) is 5.56 Å². The number of nitrogens with one attached hydrogen (secondary N) is 1. The van der Waals surface area contributed by atoms with Gasteiger partial charge in [0.1, 0.15) is 0 Å². The number of aryl methyl sites for hydroxylation is 1. The van der Waals surface area contributed by atoms with Crippen molar-refractivity contribution < 1.29 is 9.59 Å². The average molecular weight is 370 g/mol. The van der Waals surface area contributed by atoms with Gasteiger partial charge in [0.25, 0.3) is 5.91 Å². The van der Waals surface area contributed by atoms with E-state index in [0.717, 1.165) is 30.9 Å². The molecule has 0 spiro atoms. The van der Waals surface area contributed by atoms with Gasteiger partial charge >= 0.3 is 0 Å². The molecule has 1 fully saturated rings. The zero-order valence-electron chi connectivity index (χ0n) is 14.4. The summed E-state index contributed by atoms with van der Waals surface area (Å²) in [6.45, 7) is 2.89. The predicted octanol–water partition coefficient (Wildman–Crippen LogP) is 3.19. The van der Waals surface area contributed by atoms with Crippen molar-refractivity contribution in [1.29, 1.82) is 0 Å². The van der Waals surface area contributed by atoms with Crippen LogP contribution in [0.4, 0.5) is 11.4 Å². The van der Waals surface area contributed by atoms with Gasteiger partial charge in [-0.15, -0.1) is 0 Å². The second kappa shape index (κ2) is 7.00. The van der Waals surface area contributed by atoms with Crippen LogP contribution in [0.15, 0.2) is 42.5 Å². The lowest BCUT2D eigenvalue weighted by Gasteiger charge is -2.36. The minimum absolute atomic E-state index is 0.0107. The van der Waals surface area contributed by atoms with Crippen LogP contribution in [-0.2, 0) is 11.2 Å². The standard InChI is InChI=1S/C20H20ClN3O2/c21-17-4-2-1-3-16(17)20(26)24-11-9-23(10-12-24)15-6-7-18-14(13-15)5-8-19(25)22-18/h1-4,6-7,13H,5,8-12H2,(H,22,25). The van der Waals surface area contributed by atoms with Gasteiger partial charge < -0.3 is 15.1 Å². The lowest BCUT2D eigenvalue weighted by atomic mass is 10.0. The molecule has 26 heavy (non-hydrogen) atoms. The third-order valence-corrected chi connectivity index (χ3v) is 5.35. The molecule has 2 amide bonds. The van der Waals surface area contributed by atoms with Gasteiger partial charge in [-0.1, -0.05) is 23.7 Å². The maximum atomic E-state index is 12.7. The monoisotopic (exact) mass is 369 g/mol. The molecule has 0 atom stereocenters. The first kappa shape index (κ1) is 16.9. The largest absolute Gasteiger partial charge is 0.368 e. The summed E-state index contributed by atoms with van der Waals surface area (Å²) >= 11 is 6.15. The highest BCUT2D eigenvalue weighted by Gasteiger charge is 2.24. The van der Waals surface area contributed by atoms with Gasteiger partial charge in [0.2, 0.25) is 5.91 Å². The van der Waals surface area contributed by atoms with E-state index >= 15 is 0 Å². The molecule has 4 rings (SSSR count). The average Bonchev–Trinajstić information content (AvgIpc) is 2.67. The summed E-state index contributed by atoms with van der Waals surface area (Å²) in [5.41, 5.74) is 3.80. The molecule has 1 N–H and O–H groups in total. The lowest BCUT2D eigenvalue weighted by Crippen LogP contribution is -2.48. The molecule has 0 saturated carbocycles. The van der Waals surface area contributed by atoms with E-state index in [2.05, 4.69) is 16.3 Å². The zero-order chi connectivity index (χ0) is 18.1. The number of carbonyl (C=O) groups is 2. The number of amides is 2. The van der Waals surface area contributed by atoms with Crippen LogP contribution in [0.1, 0.15) is 22.3 Å². The van der Waals surface area contributed by atoms with Crippen LogP contribution in [0, 0.1) is 0 Å². The summed E-state index contributed by atoms with van der Waals surface area (Å²) in [7, 11) is 0. The summed E-state index contributed by atoms with van der Waals surface area (Å²) in [6.07, 6.45) is 1.32. The second-order valence-corrected chi connectivity index (χ2v) is 7.06. The van der Waals surface area contributed by atoms with E-state index in [1.54, 1.807) is 12.1 Å². The van der Waals surface area contributed by atoms with E-state index in [0.29, 0.717) is 30.1 Å². The molecule has 0 bridgehead atoms. The first-order valence-corrected chi connectivity index (χ1v) is 9.21. The van der Waals surface area contributed by atoms with Crippen LogP contribution in [0.2, 0.25) is 5.02 Å². The minimum atomic E-state index is -0.0107. The van der Waals surface area contributed by atoms with Crippen molar-refractivity contribution in [3.8, 4) is 0 Å². The molecule has 0 aliphatic carbocycles. The highest BCUT2D eigenvalue weighted by molar-refractivity contribution is 6.33. The van der Waals surface area contributed by atoms with Crippen LogP contribution >= 0.6 is 11.6 Å². The fourth-order valence-corrected chi connectivity index (χ4v) is 3.76. The first-order chi connectivity index (χ1) is 12.6. The summed E-state index contributed by atoms with van der Waals surface area (Å²) in [4.78, 5) is 28.3. The van der Waals surface area contributed by atoms with Crippen LogP contribution in [0.5, 0.6) is 0 Å². The van der Waals surface area contributed by atoms with Crippen molar-refractivity contribution in [3.63, 3.8) is 0 Å². The number of piperazine rings is 1. The van der Waals surface area contributed by atoms with E-state index in [1.807, 2.05) is 29.2 Å². The molecule has 2 aliphatic heterocycles. The highest BCUT2D eigenvalue weighted by atomic mass is 35.5. The molecule has 0 aromatic heterocycles. The number of carbonyl (C=O) groups excluding carboxylic acids is 2. The second-order valence-electron chi connectivity index (χ2n) is 6.65. The van der Waals surface area contributed by atoms with Crippen LogP contribution < -0.4 is 10.2 Å². The Hall–Kier alpha value is -2.53. The quantitative estimate of drug-likeness (QED) is 0.884. The molecule has 5 nitrogen and oxygen atoms in total. The molecular weight excluding hydrogens is 350 g/mol. The molecule has 134 valence electrons. The molecule has 6 heteroatoms. The number of anilines is 2. The van der Waals surface area contributed by atoms with E-state index in [-0.39, 0.29) is 11.8 Å². The van der Waals surface area contributed by atoms with Gasteiger partial charge in [-0.25, -0.2) is 0 Å². The van der Waals surface area contributed by atoms with Crippen LogP contribution in [-0.4, -0.2) is 42.9 Å². The van der Waals surface area contributed by atoms with Crippen molar-refractivity contribution in [1.82, 2.24) is 4.90 Å². The van der Waals surface area contributed by atoms with Crippen molar-refractivity contribution in [3.05, 3.63) is 58.6 Å².